The molecular weight excluding hydrogens is 264 g/mol. The van der Waals surface area contributed by atoms with Gasteiger partial charge in [0.05, 0.1) is 13.2 Å². The summed E-state index contributed by atoms with van der Waals surface area (Å²) in [6, 6.07) is 4.14. The van der Waals surface area contributed by atoms with Crippen molar-refractivity contribution in [2.75, 3.05) is 31.2 Å². The molecule has 0 atom stereocenters. The molecule has 1 aliphatic heterocycles. The highest BCUT2D eigenvalue weighted by Crippen LogP contribution is 2.25. The number of nitrogens with zero attached hydrogens (tertiary/aromatic N) is 1. The summed E-state index contributed by atoms with van der Waals surface area (Å²) in [5.74, 6) is 0. The number of anilines is 1. The number of ether oxygens (including phenoxy) is 1. The lowest BCUT2D eigenvalue weighted by molar-refractivity contribution is 0.122. The van der Waals surface area contributed by atoms with Gasteiger partial charge in [0.25, 0.3) is 0 Å². The Hall–Kier alpha value is -1.81. The molecule has 1 N–H and O–H groups in total. The first-order chi connectivity index (χ1) is 10.1. The number of pyridine rings is 1. The summed E-state index contributed by atoms with van der Waals surface area (Å²) >= 11 is 0. The van der Waals surface area contributed by atoms with Crippen LogP contribution in [0.4, 0.5) is 5.69 Å². The average Bonchev–Trinajstić information content (AvgIpc) is 2.51. The summed E-state index contributed by atoms with van der Waals surface area (Å²) in [5.41, 5.74) is 5.31. The molecule has 4 heteroatoms. The standard InChI is InChI=1S/C17H22N2O2/c1-4-14-12(3)17(20)13-10-16(11(2)9-15(13)18-14)19-5-7-21-8-6-19/h9-10H,4-8H2,1-3H3,(H,18,20). The third kappa shape index (κ3) is 2.44. The Bertz CT molecular complexity index is 728. The van der Waals surface area contributed by atoms with Gasteiger partial charge in [-0.2, -0.15) is 0 Å². The maximum atomic E-state index is 12.6. The predicted molar refractivity (Wildman–Crippen MR) is 86.5 cm³/mol. The molecular formula is C17H22N2O2. The highest BCUT2D eigenvalue weighted by atomic mass is 16.5. The Morgan fingerprint density at radius 2 is 1.95 bits per heavy atom. The van der Waals surface area contributed by atoms with Crippen molar-refractivity contribution < 1.29 is 4.74 Å². The van der Waals surface area contributed by atoms with Gasteiger partial charge in [-0.15, -0.1) is 0 Å². The lowest BCUT2D eigenvalue weighted by atomic mass is 10.0. The van der Waals surface area contributed by atoms with Crippen molar-refractivity contribution in [3.05, 3.63) is 39.2 Å². The van der Waals surface area contributed by atoms with Gasteiger partial charge in [0.1, 0.15) is 0 Å². The number of aromatic nitrogens is 1. The fraction of sp³-hybridized carbons (Fsp3) is 0.471. The highest BCUT2D eigenvalue weighted by molar-refractivity contribution is 5.85. The molecule has 1 aromatic carbocycles. The first-order valence-corrected chi connectivity index (χ1v) is 7.60. The predicted octanol–water partition coefficient (Wildman–Crippen LogP) is 2.54. The molecule has 2 aromatic rings. The second-order valence-corrected chi connectivity index (χ2v) is 5.69. The largest absolute Gasteiger partial charge is 0.378 e. The summed E-state index contributed by atoms with van der Waals surface area (Å²) in [7, 11) is 0. The van der Waals surface area contributed by atoms with Gasteiger partial charge in [-0.05, 0) is 38.0 Å². The van der Waals surface area contributed by atoms with Gasteiger partial charge in [-0.1, -0.05) is 6.92 Å². The number of benzene rings is 1. The van der Waals surface area contributed by atoms with Crippen molar-refractivity contribution in [2.45, 2.75) is 27.2 Å². The summed E-state index contributed by atoms with van der Waals surface area (Å²) in [6.45, 7) is 9.36. The monoisotopic (exact) mass is 286 g/mol. The van der Waals surface area contributed by atoms with E-state index < -0.39 is 0 Å². The summed E-state index contributed by atoms with van der Waals surface area (Å²) in [5, 5.41) is 0.789. The van der Waals surface area contributed by atoms with Crippen molar-refractivity contribution in [3.8, 4) is 0 Å². The number of morpholine rings is 1. The van der Waals surface area contributed by atoms with E-state index in [9.17, 15) is 4.79 Å². The zero-order valence-corrected chi connectivity index (χ0v) is 13.0. The minimum atomic E-state index is 0.148. The fourth-order valence-electron chi connectivity index (χ4n) is 3.08. The van der Waals surface area contributed by atoms with Crippen LogP contribution < -0.4 is 10.3 Å². The van der Waals surface area contributed by atoms with E-state index in [0.717, 1.165) is 60.6 Å². The van der Waals surface area contributed by atoms with Crippen LogP contribution in [0.15, 0.2) is 16.9 Å². The van der Waals surface area contributed by atoms with E-state index in [1.165, 1.54) is 5.56 Å². The van der Waals surface area contributed by atoms with Crippen LogP contribution in [0.2, 0.25) is 0 Å². The Labute approximate surface area is 124 Å². The minimum Gasteiger partial charge on any atom is -0.378 e. The van der Waals surface area contributed by atoms with Crippen LogP contribution in [0.3, 0.4) is 0 Å². The molecule has 0 saturated carbocycles. The highest BCUT2D eigenvalue weighted by Gasteiger charge is 2.16. The second-order valence-electron chi connectivity index (χ2n) is 5.69. The van der Waals surface area contributed by atoms with Crippen molar-refractivity contribution in [2.24, 2.45) is 0 Å². The van der Waals surface area contributed by atoms with Gasteiger partial charge in [-0.3, -0.25) is 4.79 Å². The molecule has 0 unspecified atom stereocenters. The number of hydrogen-bond donors (Lipinski definition) is 1. The van der Waals surface area contributed by atoms with Crippen LogP contribution >= 0.6 is 0 Å². The van der Waals surface area contributed by atoms with E-state index in [1.807, 2.05) is 13.0 Å². The van der Waals surface area contributed by atoms with Gasteiger partial charge in [0, 0.05) is 40.9 Å². The van der Waals surface area contributed by atoms with E-state index in [0.29, 0.717) is 0 Å². The molecule has 3 rings (SSSR count). The molecule has 4 nitrogen and oxygen atoms in total. The Kier molecular flexibility index (Phi) is 3.72. The number of H-pyrrole nitrogens is 1. The zero-order valence-electron chi connectivity index (χ0n) is 13.0. The topological polar surface area (TPSA) is 45.3 Å². The van der Waals surface area contributed by atoms with Gasteiger partial charge in [0.2, 0.25) is 0 Å². The van der Waals surface area contributed by atoms with E-state index in [-0.39, 0.29) is 5.43 Å². The van der Waals surface area contributed by atoms with Crippen molar-refractivity contribution in [1.82, 2.24) is 4.98 Å². The smallest absolute Gasteiger partial charge is 0.192 e. The lowest BCUT2D eigenvalue weighted by Crippen LogP contribution is -2.36. The zero-order chi connectivity index (χ0) is 15.0. The molecule has 2 heterocycles. The molecule has 1 saturated heterocycles. The minimum absolute atomic E-state index is 0.148. The van der Waals surface area contributed by atoms with Gasteiger partial charge >= 0.3 is 0 Å². The molecule has 1 fully saturated rings. The van der Waals surface area contributed by atoms with E-state index >= 15 is 0 Å². The van der Waals surface area contributed by atoms with Gasteiger partial charge in [0.15, 0.2) is 5.43 Å². The number of aromatic amines is 1. The maximum Gasteiger partial charge on any atom is 0.192 e. The van der Waals surface area contributed by atoms with Crippen LogP contribution in [-0.4, -0.2) is 31.3 Å². The molecule has 21 heavy (non-hydrogen) atoms. The normalized spacial score (nSPS) is 15.7. The molecule has 1 aliphatic rings. The van der Waals surface area contributed by atoms with Crippen LogP contribution in [0.25, 0.3) is 10.9 Å². The van der Waals surface area contributed by atoms with Crippen LogP contribution in [0, 0.1) is 13.8 Å². The number of rotatable bonds is 2. The molecule has 0 aliphatic carbocycles. The van der Waals surface area contributed by atoms with Crippen molar-refractivity contribution in [1.29, 1.82) is 0 Å². The second kappa shape index (κ2) is 5.53. The molecule has 1 aromatic heterocycles. The van der Waals surface area contributed by atoms with Gasteiger partial charge < -0.3 is 14.6 Å². The Morgan fingerprint density at radius 1 is 1.24 bits per heavy atom. The van der Waals surface area contributed by atoms with Crippen LogP contribution in [-0.2, 0) is 11.2 Å². The van der Waals surface area contributed by atoms with E-state index in [2.05, 4.69) is 29.8 Å². The molecule has 0 bridgehead atoms. The summed E-state index contributed by atoms with van der Waals surface area (Å²) in [4.78, 5) is 18.3. The number of aryl methyl sites for hydroxylation is 2. The third-order valence-corrected chi connectivity index (χ3v) is 4.36. The first kappa shape index (κ1) is 14.1. The fourth-order valence-corrected chi connectivity index (χ4v) is 3.08. The average molecular weight is 286 g/mol. The van der Waals surface area contributed by atoms with E-state index in [1.54, 1.807) is 0 Å². The molecule has 0 amide bonds. The van der Waals surface area contributed by atoms with Crippen LogP contribution in [0.1, 0.15) is 23.7 Å². The number of nitrogens with one attached hydrogen (secondary N) is 1. The summed E-state index contributed by atoms with van der Waals surface area (Å²) < 4.78 is 5.41. The Balaban J connectivity index is 2.18. The summed E-state index contributed by atoms with van der Waals surface area (Å²) in [6.07, 6.45) is 0.848. The SMILES string of the molecule is CCc1[nH]c2cc(C)c(N3CCOCC3)cc2c(=O)c1C. The number of fused-ring (bicyclic) bond motifs is 1. The van der Waals surface area contributed by atoms with E-state index in [4.69, 9.17) is 4.74 Å². The Morgan fingerprint density at radius 3 is 2.62 bits per heavy atom. The molecule has 112 valence electrons. The quantitative estimate of drug-likeness (QED) is 0.923. The third-order valence-electron chi connectivity index (χ3n) is 4.36. The molecule has 0 spiro atoms. The lowest BCUT2D eigenvalue weighted by Gasteiger charge is -2.30. The molecule has 0 radical (unpaired) electrons. The van der Waals surface area contributed by atoms with Crippen LogP contribution in [0.5, 0.6) is 0 Å². The number of hydrogen-bond acceptors (Lipinski definition) is 3. The van der Waals surface area contributed by atoms with Crippen molar-refractivity contribution in [3.63, 3.8) is 0 Å². The van der Waals surface area contributed by atoms with Crippen molar-refractivity contribution >= 4 is 16.6 Å². The van der Waals surface area contributed by atoms with Gasteiger partial charge in [-0.25, -0.2) is 0 Å². The maximum absolute atomic E-state index is 12.6. The first-order valence-electron chi connectivity index (χ1n) is 7.60.